The van der Waals surface area contributed by atoms with Crippen LogP contribution in [-0.4, -0.2) is 57.6 Å². The van der Waals surface area contributed by atoms with Crippen molar-refractivity contribution in [3.05, 3.63) is 57.3 Å². The molecular formula is C23H26FN5O2. The Morgan fingerprint density at radius 1 is 1.23 bits per heavy atom. The van der Waals surface area contributed by atoms with Gasteiger partial charge in [-0.1, -0.05) is 0 Å². The fraction of sp³-hybridized carbons (Fsp3) is 0.522. The van der Waals surface area contributed by atoms with Crippen LogP contribution in [-0.2, 0) is 13.1 Å². The molecule has 1 amide bonds. The highest BCUT2D eigenvalue weighted by Gasteiger charge is 2.36. The lowest BCUT2D eigenvalue weighted by molar-refractivity contribution is 0.0662. The first-order valence-electron chi connectivity index (χ1n) is 11.0. The van der Waals surface area contributed by atoms with E-state index in [4.69, 9.17) is 5.26 Å². The molecule has 7 nitrogen and oxygen atoms in total. The van der Waals surface area contributed by atoms with Gasteiger partial charge < -0.3 is 14.5 Å². The molecule has 2 saturated heterocycles. The van der Waals surface area contributed by atoms with Crippen molar-refractivity contribution in [3.63, 3.8) is 0 Å². The maximum atomic E-state index is 13.4. The summed E-state index contributed by atoms with van der Waals surface area (Å²) < 4.78 is 15.2. The maximum Gasteiger partial charge on any atom is 0.263 e. The number of nitrogens with one attached hydrogen (secondary N) is 1. The average Bonchev–Trinajstić information content (AvgIpc) is 3.22. The largest absolute Gasteiger partial charge is 0.353 e. The number of likely N-dealkylation sites (tertiary alicyclic amines) is 2. The minimum Gasteiger partial charge on any atom is -0.353 e. The molecule has 2 aromatic rings. The van der Waals surface area contributed by atoms with Gasteiger partial charge in [0.25, 0.3) is 11.5 Å². The molecule has 0 spiro atoms. The molecule has 8 heteroatoms. The Morgan fingerprint density at radius 3 is 2.77 bits per heavy atom. The molecule has 0 unspecified atom stereocenters. The van der Waals surface area contributed by atoms with Crippen molar-refractivity contribution in [1.82, 2.24) is 19.4 Å². The van der Waals surface area contributed by atoms with E-state index in [1.165, 1.54) is 0 Å². The molecule has 2 bridgehead atoms. The summed E-state index contributed by atoms with van der Waals surface area (Å²) in [6.45, 7) is 3.86. The molecule has 5 rings (SSSR count). The summed E-state index contributed by atoms with van der Waals surface area (Å²) >= 11 is 0. The zero-order valence-electron chi connectivity index (χ0n) is 17.4. The maximum absolute atomic E-state index is 13.4. The van der Waals surface area contributed by atoms with Crippen LogP contribution in [0.3, 0.4) is 0 Å². The van der Waals surface area contributed by atoms with Gasteiger partial charge in [-0.2, -0.15) is 5.26 Å². The van der Waals surface area contributed by atoms with Crippen LogP contribution in [0.1, 0.15) is 52.5 Å². The summed E-state index contributed by atoms with van der Waals surface area (Å²) in [5.41, 5.74) is 2.65. The molecule has 162 valence electrons. The van der Waals surface area contributed by atoms with Gasteiger partial charge in [0.2, 0.25) is 0 Å². The van der Waals surface area contributed by atoms with E-state index in [-0.39, 0.29) is 22.9 Å². The van der Waals surface area contributed by atoms with Gasteiger partial charge >= 0.3 is 0 Å². The van der Waals surface area contributed by atoms with Crippen molar-refractivity contribution in [2.75, 3.05) is 26.2 Å². The van der Waals surface area contributed by atoms with Gasteiger partial charge in [-0.05, 0) is 48.9 Å². The van der Waals surface area contributed by atoms with Gasteiger partial charge in [0.15, 0.2) is 0 Å². The van der Waals surface area contributed by atoms with Crippen LogP contribution in [0.2, 0.25) is 0 Å². The molecule has 2 atom stereocenters. The number of aromatic amines is 1. The Morgan fingerprint density at radius 2 is 2.03 bits per heavy atom. The monoisotopic (exact) mass is 423 g/mol. The first kappa shape index (κ1) is 20.0. The number of aromatic nitrogens is 2. The quantitative estimate of drug-likeness (QED) is 0.821. The Labute approximate surface area is 180 Å². The van der Waals surface area contributed by atoms with Gasteiger partial charge in [0, 0.05) is 57.1 Å². The van der Waals surface area contributed by atoms with E-state index in [1.54, 1.807) is 15.5 Å². The van der Waals surface area contributed by atoms with Crippen molar-refractivity contribution in [3.8, 4) is 6.07 Å². The number of amides is 1. The smallest absolute Gasteiger partial charge is 0.263 e. The fourth-order valence-electron chi connectivity index (χ4n) is 5.41. The molecule has 0 aromatic carbocycles. The normalized spacial score (nSPS) is 23.9. The van der Waals surface area contributed by atoms with E-state index in [9.17, 15) is 14.0 Å². The standard InChI is InChI=1S/C23H26FN5O2/c24-18-3-5-28(6-4-18)22(30)20-1-2-21-17-7-16(13-29(21)23(20)31)12-27(14-17)11-15-8-19(9-25)26-10-15/h1-2,8,10,16-18,26H,3-7,11-14H2/t16-,17+/m0/s1. The Balaban J connectivity index is 1.35. The third-order valence-corrected chi connectivity index (χ3v) is 6.89. The topological polar surface area (TPSA) is 85.1 Å². The molecule has 0 saturated carbocycles. The zero-order chi connectivity index (χ0) is 21.5. The summed E-state index contributed by atoms with van der Waals surface area (Å²) in [6, 6.07) is 7.61. The number of carbonyl (C=O) groups is 1. The zero-order valence-corrected chi connectivity index (χ0v) is 17.4. The van der Waals surface area contributed by atoms with Crippen LogP contribution in [0.4, 0.5) is 4.39 Å². The second-order valence-electron chi connectivity index (χ2n) is 9.08. The molecule has 5 heterocycles. The number of fused-ring (bicyclic) bond motifs is 4. The molecule has 2 fully saturated rings. The molecule has 0 aliphatic carbocycles. The van der Waals surface area contributed by atoms with Crippen molar-refractivity contribution >= 4 is 5.91 Å². The van der Waals surface area contributed by atoms with Crippen molar-refractivity contribution in [2.24, 2.45) is 5.92 Å². The predicted octanol–water partition coefficient (Wildman–Crippen LogP) is 2.24. The highest BCUT2D eigenvalue weighted by molar-refractivity contribution is 5.94. The van der Waals surface area contributed by atoms with E-state index < -0.39 is 6.17 Å². The van der Waals surface area contributed by atoms with E-state index in [1.807, 2.05) is 18.3 Å². The number of nitriles is 1. The number of carbonyl (C=O) groups excluding carboxylic acids is 1. The van der Waals surface area contributed by atoms with Crippen LogP contribution in [0.25, 0.3) is 0 Å². The van der Waals surface area contributed by atoms with Gasteiger partial charge in [-0.25, -0.2) is 4.39 Å². The number of halogens is 1. The Bertz CT molecular complexity index is 1090. The Hall–Kier alpha value is -2.92. The van der Waals surface area contributed by atoms with Crippen LogP contribution in [0.5, 0.6) is 0 Å². The molecule has 3 aliphatic rings. The molecule has 31 heavy (non-hydrogen) atoms. The van der Waals surface area contributed by atoms with E-state index >= 15 is 0 Å². The highest BCUT2D eigenvalue weighted by Crippen LogP contribution is 2.35. The van der Waals surface area contributed by atoms with Gasteiger partial charge in [0.05, 0.1) is 0 Å². The number of hydrogen-bond donors (Lipinski definition) is 1. The van der Waals surface area contributed by atoms with Crippen LogP contribution in [0, 0.1) is 17.2 Å². The second-order valence-corrected chi connectivity index (χ2v) is 9.08. The molecule has 1 N–H and O–H groups in total. The lowest BCUT2D eigenvalue weighted by Crippen LogP contribution is -2.48. The van der Waals surface area contributed by atoms with Gasteiger partial charge in [-0.3, -0.25) is 14.5 Å². The molecule has 3 aliphatic heterocycles. The second kappa shape index (κ2) is 7.97. The summed E-state index contributed by atoms with van der Waals surface area (Å²) in [7, 11) is 0. The summed E-state index contributed by atoms with van der Waals surface area (Å²) in [4.78, 5) is 33.1. The molecule has 2 aromatic heterocycles. The predicted molar refractivity (Wildman–Crippen MR) is 112 cm³/mol. The number of nitrogens with zero attached hydrogens (tertiary/aromatic N) is 4. The van der Waals surface area contributed by atoms with Crippen molar-refractivity contribution in [1.29, 1.82) is 5.26 Å². The highest BCUT2D eigenvalue weighted by atomic mass is 19.1. The summed E-state index contributed by atoms with van der Waals surface area (Å²) in [5, 5.41) is 9.01. The fourth-order valence-corrected chi connectivity index (χ4v) is 5.41. The van der Waals surface area contributed by atoms with Crippen molar-refractivity contribution < 1.29 is 9.18 Å². The number of pyridine rings is 1. The van der Waals surface area contributed by atoms with Crippen LogP contribution in [0.15, 0.2) is 29.2 Å². The lowest BCUT2D eigenvalue weighted by Gasteiger charge is -2.43. The number of H-pyrrole nitrogens is 1. The number of piperidine rings is 2. The first-order valence-corrected chi connectivity index (χ1v) is 11.0. The van der Waals surface area contributed by atoms with E-state index in [2.05, 4.69) is 16.0 Å². The number of rotatable bonds is 3. The Kier molecular flexibility index (Phi) is 5.14. The van der Waals surface area contributed by atoms with Crippen molar-refractivity contribution in [2.45, 2.75) is 44.4 Å². The third-order valence-electron chi connectivity index (χ3n) is 6.89. The minimum atomic E-state index is -0.853. The van der Waals surface area contributed by atoms with Crippen LogP contribution >= 0.6 is 0 Å². The minimum absolute atomic E-state index is 0.203. The first-order chi connectivity index (χ1) is 15.0. The SMILES string of the molecule is N#Cc1cc(CN2C[C@@H]3C[C@H](C2)c2ccc(C(=O)N4CCC(F)CC4)c(=O)n2C3)c[nH]1. The van der Waals surface area contributed by atoms with Gasteiger partial charge in [-0.15, -0.1) is 0 Å². The summed E-state index contributed by atoms with van der Waals surface area (Å²) in [5.74, 6) is 0.331. The van der Waals surface area contributed by atoms with E-state index in [0.29, 0.717) is 44.1 Å². The molecular weight excluding hydrogens is 397 g/mol. The van der Waals surface area contributed by atoms with E-state index in [0.717, 1.165) is 37.3 Å². The third kappa shape index (κ3) is 3.79. The van der Waals surface area contributed by atoms with Gasteiger partial charge in [0.1, 0.15) is 23.5 Å². The number of hydrogen-bond acceptors (Lipinski definition) is 4. The lowest BCUT2D eigenvalue weighted by atomic mass is 9.83. The van der Waals surface area contributed by atoms with Crippen LogP contribution < -0.4 is 5.56 Å². The number of alkyl halides is 1. The summed E-state index contributed by atoms with van der Waals surface area (Å²) in [6.07, 6.45) is 2.76. The molecule has 0 radical (unpaired) electrons. The average molecular weight is 423 g/mol.